The molecule has 0 aromatic heterocycles. The Labute approximate surface area is 221 Å². The quantitative estimate of drug-likeness (QED) is 0.387. The Morgan fingerprint density at radius 3 is 1.94 bits per heavy atom. The third-order valence-electron chi connectivity index (χ3n) is 5.38. The van der Waals surface area contributed by atoms with Crippen molar-refractivity contribution >= 4 is 66.2 Å². The largest absolute Gasteiger partial charge is 0.324 e. The maximum atomic E-state index is 12.9. The van der Waals surface area contributed by atoms with Gasteiger partial charge in [-0.2, -0.15) is 0 Å². The van der Waals surface area contributed by atoms with Crippen LogP contribution in [0.1, 0.15) is 18.1 Å². The highest BCUT2D eigenvalue weighted by molar-refractivity contribution is 7.92. The fourth-order valence-electron chi connectivity index (χ4n) is 3.46. The van der Waals surface area contributed by atoms with Crippen LogP contribution in [0.5, 0.6) is 0 Å². The van der Waals surface area contributed by atoms with Crippen molar-refractivity contribution in [1.29, 1.82) is 0 Å². The van der Waals surface area contributed by atoms with Crippen molar-refractivity contribution in [3.8, 4) is 0 Å². The number of carbonyl (C=O) groups is 1. The van der Waals surface area contributed by atoms with Gasteiger partial charge in [0.15, 0.2) is 0 Å². The van der Waals surface area contributed by atoms with Crippen molar-refractivity contribution in [3.63, 3.8) is 0 Å². The monoisotopic (exact) mass is 569 g/mol. The maximum absolute atomic E-state index is 12.9. The molecule has 0 aliphatic carbocycles. The predicted octanol–water partition coefficient (Wildman–Crippen LogP) is 5.20. The van der Waals surface area contributed by atoms with E-state index < -0.39 is 32.0 Å². The Hall–Kier alpha value is -2.79. The van der Waals surface area contributed by atoms with Crippen LogP contribution < -0.4 is 14.3 Å². The molecular formula is C24H25Cl2N3O5S2. The van der Waals surface area contributed by atoms with Crippen molar-refractivity contribution < 1.29 is 21.6 Å². The lowest BCUT2D eigenvalue weighted by atomic mass is 10.1. The van der Waals surface area contributed by atoms with Crippen LogP contribution in [0.25, 0.3) is 0 Å². The zero-order valence-electron chi connectivity index (χ0n) is 19.9. The van der Waals surface area contributed by atoms with Gasteiger partial charge in [0.1, 0.15) is 6.04 Å². The summed E-state index contributed by atoms with van der Waals surface area (Å²) in [4.78, 5) is 12.9. The van der Waals surface area contributed by atoms with E-state index in [0.717, 1.165) is 21.7 Å². The first-order valence-corrected chi connectivity index (χ1v) is 14.7. The number of halogens is 2. The van der Waals surface area contributed by atoms with Crippen molar-refractivity contribution in [1.82, 2.24) is 0 Å². The van der Waals surface area contributed by atoms with Gasteiger partial charge in [0, 0.05) is 15.7 Å². The molecule has 8 nitrogen and oxygen atoms in total. The Balaban J connectivity index is 1.78. The summed E-state index contributed by atoms with van der Waals surface area (Å²) in [5, 5.41) is 3.19. The van der Waals surface area contributed by atoms with Gasteiger partial charge in [-0.3, -0.25) is 13.8 Å². The van der Waals surface area contributed by atoms with E-state index in [2.05, 4.69) is 10.0 Å². The molecule has 1 unspecified atom stereocenters. The zero-order valence-corrected chi connectivity index (χ0v) is 23.1. The first-order valence-electron chi connectivity index (χ1n) is 10.6. The molecule has 0 bridgehead atoms. The third kappa shape index (κ3) is 6.70. The zero-order chi connectivity index (χ0) is 26.8. The lowest BCUT2D eigenvalue weighted by Crippen LogP contribution is -2.45. The molecule has 0 aliphatic rings. The summed E-state index contributed by atoms with van der Waals surface area (Å²) in [5.74, 6) is -0.582. The summed E-state index contributed by atoms with van der Waals surface area (Å²) in [6.45, 7) is 5.24. The summed E-state index contributed by atoms with van der Waals surface area (Å²) in [6.07, 6.45) is 1.03. The number of benzene rings is 3. The van der Waals surface area contributed by atoms with Crippen molar-refractivity contribution in [3.05, 3.63) is 81.8 Å². The average Bonchev–Trinajstić information content (AvgIpc) is 2.74. The molecule has 0 aliphatic heterocycles. The molecule has 0 saturated carbocycles. The van der Waals surface area contributed by atoms with Gasteiger partial charge in [-0.05, 0) is 86.5 Å². The van der Waals surface area contributed by atoms with Gasteiger partial charge in [0.25, 0.3) is 10.0 Å². The van der Waals surface area contributed by atoms with Gasteiger partial charge >= 0.3 is 0 Å². The standard InChI is InChI=1S/C24H25Cl2N3O5S2/c1-15-5-8-22(11-16(15)2)29(35(4,31)32)17(3)24(30)27-20-6-9-23(10-7-20)36(33,34)28-21-13-18(25)12-19(26)14-21/h5-14,17,28H,1-4H3,(H,27,30). The van der Waals surface area contributed by atoms with Gasteiger partial charge in [0.05, 0.1) is 22.5 Å². The highest BCUT2D eigenvalue weighted by Gasteiger charge is 2.29. The lowest BCUT2D eigenvalue weighted by Gasteiger charge is -2.28. The normalized spacial score (nSPS) is 12.6. The second-order valence-corrected chi connectivity index (χ2v) is 12.7. The molecule has 0 saturated heterocycles. The Kier molecular flexibility index (Phi) is 8.24. The van der Waals surface area contributed by atoms with Gasteiger partial charge < -0.3 is 5.32 Å². The van der Waals surface area contributed by atoms with Crippen LogP contribution in [-0.4, -0.2) is 35.0 Å². The second kappa shape index (κ2) is 10.7. The summed E-state index contributed by atoms with van der Waals surface area (Å²) in [7, 11) is -7.73. The lowest BCUT2D eigenvalue weighted by molar-refractivity contribution is -0.116. The highest BCUT2D eigenvalue weighted by Crippen LogP contribution is 2.26. The molecule has 2 N–H and O–H groups in total. The van der Waals surface area contributed by atoms with Crippen LogP contribution in [0.2, 0.25) is 10.0 Å². The number of sulfonamides is 2. The molecule has 0 radical (unpaired) electrons. The number of carbonyl (C=O) groups excluding carboxylic acids is 1. The predicted molar refractivity (Wildman–Crippen MR) is 145 cm³/mol. The number of rotatable bonds is 8. The van der Waals surface area contributed by atoms with E-state index in [-0.39, 0.29) is 20.6 Å². The number of nitrogens with zero attached hydrogens (tertiary/aromatic N) is 1. The van der Waals surface area contributed by atoms with Crippen LogP contribution in [0.4, 0.5) is 17.1 Å². The van der Waals surface area contributed by atoms with Crippen molar-refractivity contribution in [2.24, 2.45) is 0 Å². The topological polar surface area (TPSA) is 113 Å². The molecule has 1 atom stereocenters. The smallest absolute Gasteiger partial charge is 0.261 e. The summed E-state index contributed by atoms with van der Waals surface area (Å²) >= 11 is 11.8. The van der Waals surface area contributed by atoms with E-state index in [0.29, 0.717) is 11.4 Å². The van der Waals surface area contributed by atoms with E-state index >= 15 is 0 Å². The number of nitrogens with one attached hydrogen (secondary N) is 2. The van der Waals surface area contributed by atoms with Crippen molar-refractivity contribution in [2.45, 2.75) is 31.7 Å². The van der Waals surface area contributed by atoms with E-state index in [1.165, 1.54) is 49.4 Å². The van der Waals surface area contributed by atoms with Gasteiger partial charge in [-0.25, -0.2) is 16.8 Å². The molecule has 1 amide bonds. The molecule has 3 rings (SSSR count). The van der Waals surface area contributed by atoms with Crippen LogP contribution in [0, 0.1) is 13.8 Å². The average molecular weight is 571 g/mol. The molecular weight excluding hydrogens is 545 g/mol. The minimum atomic E-state index is -3.95. The van der Waals surface area contributed by atoms with E-state index in [9.17, 15) is 21.6 Å². The first-order chi connectivity index (χ1) is 16.7. The van der Waals surface area contributed by atoms with E-state index in [4.69, 9.17) is 23.2 Å². The Morgan fingerprint density at radius 1 is 0.833 bits per heavy atom. The molecule has 3 aromatic rings. The van der Waals surface area contributed by atoms with Crippen LogP contribution in [0.3, 0.4) is 0 Å². The Morgan fingerprint density at radius 2 is 1.42 bits per heavy atom. The molecule has 0 spiro atoms. The van der Waals surface area contributed by atoms with Crippen LogP contribution in [0.15, 0.2) is 65.6 Å². The fraction of sp³-hybridized carbons (Fsp3) is 0.208. The van der Waals surface area contributed by atoms with E-state index in [1.807, 2.05) is 13.8 Å². The summed E-state index contributed by atoms with van der Waals surface area (Å²) in [5.41, 5.74) is 2.75. The van der Waals surface area contributed by atoms with E-state index in [1.54, 1.807) is 18.2 Å². The molecule has 3 aromatic carbocycles. The molecule has 36 heavy (non-hydrogen) atoms. The third-order valence-corrected chi connectivity index (χ3v) is 8.46. The second-order valence-electron chi connectivity index (χ2n) is 8.28. The summed E-state index contributed by atoms with van der Waals surface area (Å²) < 4.78 is 53.9. The minimum absolute atomic E-state index is 0.0578. The number of anilines is 3. The maximum Gasteiger partial charge on any atom is 0.261 e. The minimum Gasteiger partial charge on any atom is -0.324 e. The fourth-order valence-corrected chi connectivity index (χ4v) is 6.20. The highest BCUT2D eigenvalue weighted by atomic mass is 35.5. The first kappa shape index (κ1) is 27.8. The number of hydrogen-bond donors (Lipinski definition) is 2. The van der Waals surface area contributed by atoms with Gasteiger partial charge in [0.2, 0.25) is 15.9 Å². The number of amides is 1. The molecule has 0 heterocycles. The molecule has 0 fully saturated rings. The number of hydrogen-bond acceptors (Lipinski definition) is 5. The van der Waals surface area contributed by atoms with Gasteiger partial charge in [-0.15, -0.1) is 0 Å². The van der Waals surface area contributed by atoms with Crippen LogP contribution in [-0.2, 0) is 24.8 Å². The molecule has 192 valence electrons. The number of aryl methyl sites for hydroxylation is 2. The van der Waals surface area contributed by atoms with Crippen LogP contribution >= 0.6 is 23.2 Å². The van der Waals surface area contributed by atoms with Crippen molar-refractivity contribution in [2.75, 3.05) is 20.6 Å². The Bertz CT molecular complexity index is 1490. The SMILES string of the molecule is Cc1ccc(N(C(C)C(=O)Nc2ccc(S(=O)(=O)Nc3cc(Cl)cc(Cl)c3)cc2)S(C)(=O)=O)cc1C. The molecule has 12 heteroatoms. The van der Waals surface area contributed by atoms with Gasteiger partial charge in [-0.1, -0.05) is 29.3 Å². The summed E-state index contributed by atoms with van der Waals surface area (Å²) in [6, 6.07) is 13.8.